The molecule has 0 aliphatic heterocycles. The molecule has 1 atom stereocenters. The smallest absolute Gasteiger partial charge is 0.374 e. The van der Waals surface area contributed by atoms with Gasteiger partial charge in [0.15, 0.2) is 0 Å². The molecule has 4 heteroatoms. The summed E-state index contributed by atoms with van der Waals surface area (Å²) in [6.45, 7) is 4.89. The lowest BCUT2D eigenvalue weighted by Gasteiger charge is -2.13. The predicted octanol–water partition coefficient (Wildman–Crippen LogP) is 1.82. The van der Waals surface area contributed by atoms with Gasteiger partial charge in [0.05, 0.1) is 20.6 Å². The number of furan rings is 1. The van der Waals surface area contributed by atoms with E-state index in [4.69, 9.17) is 9.15 Å². The van der Waals surface area contributed by atoms with Crippen molar-refractivity contribution in [1.82, 2.24) is 0 Å². The molecule has 108 valence electrons. The molecule has 1 heterocycles. The van der Waals surface area contributed by atoms with Gasteiger partial charge in [-0.2, -0.15) is 0 Å². The van der Waals surface area contributed by atoms with Crippen LogP contribution in [0.3, 0.4) is 0 Å². The van der Waals surface area contributed by atoms with Gasteiger partial charge in [0.25, 0.3) is 0 Å². The second-order valence-electron chi connectivity index (χ2n) is 5.61. The number of nitrogens with one attached hydrogen (secondary N) is 1. The third kappa shape index (κ3) is 3.61. The molecule has 4 nitrogen and oxygen atoms in total. The summed E-state index contributed by atoms with van der Waals surface area (Å²) in [5.74, 6) is -0.116. The summed E-state index contributed by atoms with van der Waals surface area (Å²) >= 11 is 0. The minimum absolute atomic E-state index is 0.104. The quantitative estimate of drug-likeness (QED) is 0.847. The van der Waals surface area contributed by atoms with Gasteiger partial charge in [-0.25, -0.2) is 4.79 Å². The van der Waals surface area contributed by atoms with Gasteiger partial charge in [0.1, 0.15) is 11.7 Å². The average Bonchev–Trinajstić information content (AvgIpc) is 2.79. The first-order valence-corrected chi connectivity index (χ1v) is 6.96. The number of aryl methyl sites for hydroxylation is 1. The molecule has 1 aromatic carbocycles. The Morgan fingerprint density at radius 1 is 1.35 bits per heavy atom. The van der Waals surface area contributed by atoms with Gasteiger partial charge >= 0.3 is 5.97 Å². The van der Waals surface area contributed by atoms with E-state index in [2.05, 4.69) is 14.1 Å². The maximum absolute atomic E-state index is 12.0. The molecule has 0 saturated heterocycles. The van der Waals surface area contributed by atoms with Crippen molar-refractivity contribution >= 4 is 16.9 Å². The van der Waals surface area contributed by atoms with E-state index in [1.54, 1.807) is 6.07 Å². The van der Waals surface area contributed by atoms with Crippen LogP contribution in [0.15, 0.2) is 28.7 Å². The topological polar surface area (TPSA) is 43.9 Å². The summed E-state index contributed by atoms with van der Waals surface area (Å²) in [6, 6.07) is 7.58. The van der Waals surface area contributed by atoms with Crippen LogP contribution >= 0.6 is 0 Å². The van der Waals surface area contributed by atoms with Crippen LogP contribution in [-0.2, 0) is 4.74 Å². The van der Waals surface area contributed by atoms with E-state index in [9.17, 15) is 4.79 Å². The van der Waals surface area contributed by atoms with Crippen LogP contribution in [0.2, 0.25) is 0 Å². The van der Waals surface area contributed by atoms with Crippen LogP contribution in [0.4, 0.5) is 0 Å². The number of rotatable bonds is 5. The molecule has 1 N–H and O–H groups in total. The van der Waals surface area contributed by atoms with Gasteiger partial charge in [-0.3, -0.25) is 0 Å². The highest BCUT2D eigenvalue weighted by atomic mass is 16.6. The number of fused-ring (bicyclic) bond motifs is 1. The normalized spacial score (nSPS) is 12.8. The molecule has 0 radical (unpaired) electrons. The van der Waals surface area contributed by atoms with E-state index in [1.807, 2.05) is 32.0 Å². The van der Waals surface area contributed by atoms with E-state index in [0.717, 1.165) is 23.9 Å². The third-order valence-electron chi connectivity index (χ3n) is 3.23. The lowest BCUT2D eigenvalue weighted by atomic mass is 10.2. The van der Waals surface area contributed by atoms with Crippen molar-refractivity contribution in [3.8, 4) is 0 Å². The lowest BCUT2D eigenvalue weighted by Crippen LogP contribution is -3.05. The largest absolute Gasteiger partial charge is 0.457 e. The summed E-state index contributed by atoms with van der Waals surface area (Å²) in [6.07, 6.45) is 0.736. The van der Waals surface area contributed by atoms with Gasteiger partial charge in [-0.1, -0.05) is 11.6 Å². The Morgan fingerprint density at radius 3 is 2.80 bits per heavy atom. The molecule has 1 aromatic heterocycles. The summed E-state index contributed by atoms with van der Waals surface area (Å²) in [7, 11) is 4.16. The van der Waals surface area contributed by atoms with Crippen molar-refractivity contribution in [1.29, 1.82) is 0 Å². The molecule has 0 fully saturated rings. The fourth-order valence-electron chi connectivity index (χ4n) is 2.06. The zero-order chi connectivity index (χ0) is 14.7. The van der Waals surface area contributed by atoms with E-state index in [1.165, 1.54) is 4.90 Å². The van der Waals surface area contributed by atoms with E-state index < -0.39 is 0 Å². The number of hydrogen-bond acceptors (Lipinski definition) is 3. The molecule has 0 aliphatic carbocycles. The SMILES string of the molecule is Cc1ccc2oc(C(=O)O[C@H](C)CC[NH+](C)C)cc2c1. The van der Waals surface area contributed by atoms with Crippen LogP contribution in [0, 0.1) is 6.92 Å². The van der Waals surface area contributed by atoms with Crippen molar-refractivity contribution in [3.05, 3.63) is 35.6 Å². The Morgan fingerprint density at radius 2 is 2.10 bits per heavy atom. The molecular weight excluding hydrogens is 254 g/mol. The Bertz CT molecular complexity index is 601. The standard InChI is InChI=1S/C16H21NO3/c1-11-5-6-14-13(9-11)10-15(20-14)16(18)19-12(2)7-8-17(3)4/h5-6,9-10,12H,7-8H2,1-4H3/p+1/t12-/m1/s1. The Balaban J connectivity index is 2.03. The van der Waals surface area contributed by atoms with E-state index >= 15 is 0 Å². The molecule has 0 amide bonds. The lowest BCUT2D eigenvalue weighted by molar-refractivity contribution is -0.858. The van der Waals surface area contributed by atoms with Crippen molar-refractivity contribution in [3.63, 3.8) is 0 Å². The number of hydrogen-bond donors (Lipinski definition) is 1. The monoisotopic (exact) mass is 276 g/mol. The van der Waals surface area contributed by atoms with Crippen LogP contribution in [0.1, 0.15) is 29.5 Å². The first-order valence-electron chi connectivity index (χ1n) is 6.96. The van der Waals surface area contributed by atoms with Gasteiger partial charge in [-0.15, -0.1) is 0 Å². The second-order valence-corrected chi connectivity index (χ2v) is 5.61. The predicted molar refractivity (Wildman–Crippen MR) is 78.1 cm³/mol. The van der Waals surface area contributed by atoms with Crippen molar-refractivity contribution in [2.24, 2.45) is 0 Å². The van der Waals surface area contributed by atoms with E-state index in [0.29, 0.717) is 5.58 Å². The van der Waals surface area contributed by atoms with Crippen LogP contribution in [-0.4, -0.2) is 32.7 Å². The number of carbonyl (C=O) groups is 1. The second kappa shape index (κ2) is 6.09. The van der Waals surface area contributed by atoms with Gasteiger partial charge in [-0.05, 0) is 32.0 Å². The Labute approximate surface area is 119 Å². The minimum Gasteiger partial charge on any atom is -0.457 e. The fraction of sp³-hybridized carbons (Fsp3) is 0.438. The van der Waals surface area contributed by atoms with Crippen LogP contribution < -0.4 is 4.90 Å². The molecular formula is C16H22NO3+. The molecule has 0 bridgehead atoms. The molecule has 0 aliphatic rings. The fourth-order valence-corrected chi connectivity index (χ4v) is 2.06. The van der Waals surface area contributed by atoms with Crippen molar-refractivity contribution < 1.29 is 18.8 Å². The van der Waals surface area contributed by atoms with Gasteiger partial charge in [0, 0.05) is 11.8 Å². The highest BCUT2D eigenvalue weighted by Crippen LogP contribution is 2.21. The summed E-state index contributed by atoms with van der Waals surface area (Å²) in [5, 5.41) is 0.933. The Hall–Kier alpha value is -1.81. The van der Waals surface area contributed by atoms with E-state index in [-0.39, 0.29) is 17.8 Å². The molecule has 2 rings (SSSR count). The zero-order valence-corrected chi connectivity index (χ0v) is 12.5. The molecule has 2 aromatic rings. The third-order valence-corrected chi connectivity index (χ3v) is 3.23. The summed E-state index contributed by atoms with van der Waals surface area (Å²) in [4.78, 5) is 13.4. The van der Waals surface area contributed by atoms with Crippen LogP contribution in [0.5, 0.6) is 0 Å². The number of quaternary nitrogens is 1. The number of esters is 1. The molecule has 0 saturated carbocycles. The molecule has 0 unspecified atom stereocenters. The van der Waals surface area contributed by atoms with Gasteiger partial charge < -0.3 is 14.1 Å². The van der Waals surface area contributed by atoms with Crippen LogP contribution in [0.25, 0.3) is 11.0 Å². The van der Waals surface area contributed by atoms with Crippen molar-refractivity contribution in [2.75, 3.05) is 20.6 Å². The number of ether oxygens (including phenoxy) is 1. The minimum atomic E-state index is -0.389. The highest BCUT2D eigenvalue weighted by Gasteiger charge is 2.17. The average molecular weight is 276 g/mol. The summed E-state index contributed by atoms with van der Waals surface area (Å²) in [5.41, 5.74) is 1.86. The first kappa shape index (κ1) is 14.6. The number of carbonyl (C=O) groups excluding carboxylic acids is 1. The highest BCUT2D eigenvalue weighted by molar-refractivity contribution is 5.92. The molecule has 0 spiro atoms. The zero-order valence-electron chi connectivity index (χ0n) is 12.5. The van der Waals surface area contributed by atoms with Gasteiger partial charge in [0.2, 0.25) is 5.76 Å². The first-order chi connectivity index (χ1) is 9.45. The maximum Gasteiger partial charge on any atom is 0.374 e. The number of benzene rings is 1. The molecule has 20 heavy (non-hydrogen) atoms. The van der Waals surface area contributed by atoms with Crippen molar-refractivity contribution in [2.45, 2.75) is 26.4 Å². The Kier molecular flexibility index (Phi) is 4.45. The summed E-state index contributed by atoms with van der Waals surface area (Å²) < 4.78 is 10.9. The maximum atomic E-state index is 12.0.